The van der Waals surface area contributed by atoms with E-state index in [1.165, 1.54) is 25.7 Å². The molecule has 3 aliphatic rings. The van der Waals surface area contributed by atoms with E-state index in [0.717, 1.165) is 57.9 Å². The third-order valence-corrected chi connectivity index (χ3v) is 4.81. The number of carbonyl (C=O) groups excluding carboxylic acids is 1. The predicted octanol–water partition coefficient (Wildman–Crippen LogP) is 0.960. The van der Waals surface area contributed by atoms with Gasteiger partial charge in [0.05, 0.1) is 0 Å². The number of piperazine rings is 1. The first kappa shape index (κ1) is 14.1. The van der Waals surface area contributed by atoms with Crippen LogP contribution in [0.25, 0.3) is 0 Å². The molecule has 0 aromatic heterocycles. The Hall–Kier alpha value is -0.810. The standard InChI is InChI=1S/C15H28N4O/c1-2-17(13-3-4-13)8-7-16-15(20)19-11-9-18(10-12-19)14-5-6-14/h13-14H,2-12H2,1H3,(H,16,20). The number of rotatable bonds is 6. The van der Waals surface area contributed by atoms with Crippen molar-refractivity contribution in [1.29, 1.82) is 0 Å². The highest BCUT2D eigenvalue weighted by atomic mass is 16.2. The number of nitrogens with one attached hydrogen (secondary N) is 1. The van der Waals surface area contributed by atoms with Gasteiger partial charge in [-0.1, -0.05) is 6.92 Å². The van der Waals surface area contributed by atoms with Gasteiger partial charge in [-0.15, -0.1) is 0 Å². The number of amides is 2. The first-order valence-corrected chi connectivity index (χ1v) is 8.29. The number of nitrogens with zero attached hydrogens (tertiary/aromatic N) is 3. The highest BCUT2D eigenvalue weighted by molar-refractivity contribution is 5.74. The van der Waals surface area contributed by atoms with Gasteiger partial charge in [-0.25, -0.2) is 4.79 Å². The maximum absolute atomic E-state index is 12.1. The molecule has 1 N–H and O–H groups in total. The van der Waals surface area contributed by atoms with Crippen molar-refractivity contribution in [3.8, 4) is 0 Å². The number of hydrogen-bond acceptors (Lipinski definition) is 3. The molecule has 1 saturated heterocycles. The highest BCUT2D eigenvalue weighted by Crippen LogP contribution is 2.27. The van der Waals surface area contributed by atoms with E-state index in [-0.39, 0.29) is 6.03 Å². The van der Waals surface area contributed by atoms with Gasteiger partial charge in [0, 0.05) is 51.4 Å². The summed E-state index contributed by atoms with van der Waals surface area (Å²) in [5.74, 6) is 0. The monoisotopic (exact) mass is 280 g/mol. The van der Waals surface area contributed by atoms with Crippen LogP contribution in [0.4, 0.5) is 4.79 Å². The largest absolute Gasteiger partial charge is 0.337 e. The van der Waals surface area contributed by atoms with Crippen LogP contribution in [0.15, 0.2) is 0 Å². The summed E-state index contributed by atoms with van der Waals surface area (Å²) in [5, 5.41) is 3.09. The van der Waals surface area contributed by atoms with Gasteiger partial charge >= 0.3 is 6.03 Å². The lowest BCUT2D eigenvalue weighted by Gasteiger charge is -2.34. The number of carbonyl (C=O) groups is 1. The van der Waals surface area contributed by atoms with Crippen molar-refractivity contribution >= 4 is 6.03 Å². The van der Waals surface area contributed by atoms with E-state index in [1.807, 2.05) is 4.90 Å². The molecule has 0 aromatic carbocycles. The topological polar surface area (TPSA) is 38.8 Å². The fourth-order valence-electron chi connectivity index (χ4n) is 3.19. The molecule has 0 atom stereocenters. The summed E-state index contributed by atoms with van der Waals surface area (Å²) in [7, 11) is 0. The van der Waals surface area contributed by atoms with Gasteiger partial charge in [0.2, 0.25) is 0 Å². The van der Waals surface area contributed by atoms with E-state index in [1.54, 1.807) is 0 Å². The molecule has 0 bridgehead atoms. The fourth-order valence-corrected chi connectivity index (χ4v) is 3.19. The molecule has 5 nitrogen and oxygen atoms in total. The van der Waals surface area contributed by atoms with Gasteiger partial charge in [-0.05, 0) is 32.2 Å². The van der Waals surface area contributed by atoms with Gasteiger partial charge < -0.3 is 10.2 Å². The zero-order valence-corrected chi connectivity index (χ0v) is 12.7. The Balaban J connectivity index is 1.32. The van der Waals surface area contributed by atoms with Crippen LogP contribution in [0.1, 0.15) is 32.6 Å². The smallest absolute Gasteiger partial charge is 0.317 e. The lowest BCUT2D eigenvalue weighted by atomic mass is 10.3. The molecule has 2 saturated carbocycles. The minimum absolute atomic E-state index is 0.132. The van der Waals surface area contributed by atoms with Crippen LogP contribution in [0.2, 0.25) is 0 Å². The van der Waals surface area contributed by atoms with Crippen molar-refractivity contribution in [3.63, 3.8) is 0 Å². The molecule has 0 radical (unpaired) electrons. The molecule has 5 heteroatoms. The summed E-state index contributed by atoms with van der Waals surface area (Å²) in [4.78, 5) is 19.1. The van der Waals surface area contributed by atoms with Crippen molar-refractivity contribution in [2.45, 2.75) is 44.7 Å². The molecule has 0 spiro atoms. The van der Waals surface area contributed by atoms with Crippen molar-refractivity contribution < 1.29 is 4.79 Å². The molecule has 3 rings (SSSR count). The van der Waals surface area contributed by atoms with Crippen LogP contribution in [-0.4, -0.2) is 78.6 Å². The Morgan fingerprint density at radius 1 is 1.15 bits per heavy atom. The zero-order valence-electron chi connectivity index (χ0n) is 12.7. The van der Waals surface area contributed by atoms with Gasteiger partial charge in [0.1, 0.15) is 0 Å². The highest BCUT2D eigenvalue weighted by Gasteiger charge is 2.32. The minimum atomic E-state index is 0.132. The van der Waals surface area contributed by atoms with Crippen LogP contribution in [0.5, 0.6) is 0 Å². The SMILES string of the molecule is CCN(CCNC(=O)N1CCN(C2CC2)CC1)C1CC1. The van der Waals surface area contributed by atoms with Gasteiger partial charge in [-0.2, -0.15) is 0 Å². The number of hydrogen-bond donors (Lipinski definition) is 1. The fraction of sp³-hybridized carbons (Fsp3) is 0.933. The maximum Gasteiger partial charge on any atom is 0.317 e. The van der Waals surface area contributed by atoms with Crippen LogP contribution in [-0.2, 0) is 0 Å². The summed E-state index contributed by atoms with van der Waals surface area (Å²) in [6, 6.07) is 1.75. The maximum atomic E-state index is 12.1. The van der Waals surface area contributed by atoms with E-state index in [9.17, 15) is 4.79 Å². The third kappa shape index (κ3) is 3.64. The summed E-state index contributed by atoms with van der Waals surface area (Å²) < 4.78 is 0. The average Bonchev–Trinajstić information content (AvgIpc) is 3.36. The molecule has 2 aliphatic carbocycles. The number of likely N-dealkylation sites (N-methyl/N-ethyl adjacent to an activating group) is 1. The molecule has 20 heavy (non-hydrogen) atoms. The van der Waals surface area contributed by atoms with Crippen molar-refractivity contribution in [3.05, 3.63) is 0 Å². The predicted molar refractivity (Wildman–Crippen MR) is 79.8 cm³/mol. The van der Waals surface area contributed by atoms with Crippen molar-refractivity contribution in [1.82, 2.24) is 20.0 Å². The van der Waals surface area contributed by atoms with Gasteiger partial charge in [0.25, 0.3) is 0 Å². The van der Waals surface area contributed by atoms with E-state index >= 15 is 0 Å². The molecular formula is C15H28N4O. The normalized spacial score (nSPS) is 24.2. The summed E-state index contributed by atoms with van der Waals surface area (Å²) in [6.07, 6.45) is 5.40. The second-order valence-corrected chi connectivity index (χ2v) is 6.35. The Morgan fingerprint density at radius 3 is 2.40 bits per heavy atom. The lowest BCUT2D eigenvalue weighted by Crippen LogP contribution is -2.53. The van der Waals surface area contributed by atoms with Crippen molar-refractivity contribution in [2.75, 3.05) is 45.8 Å². The van der Waals surface area contributed by atoms with E-state index < -0.39 is 0 Å². The van der Waals surface area contributed by atoms with Crippen LogP contribution in [0, 0.1) is 0 Å². The molecule has 0 unspecified atom stereocenters. The minimum Gasteiger partial charge on any atom is -0.337 e. The second-order valence-electron chi connectivity index (χ2n) is 6.35. The van der Waals surface area contributed by atoms with E-state index in [0.29, 0.717) is 0 Å². The molecule has 1 heterocycles. The lowest BCUT2D eigenvalue weighted by molar-refractivity contribution is 0.134. The first-order valence-electron chi connectivity index (χ1n) is 8.29. The zero-order chi connectivity index (χ0) is 13.9. The number of urea groups is 1. The molecule has 114 valence electrons. The Bertz CT molecular complexity index is 333. The molecule has 0 aromatic rings. The Morgan fingerprint density at radius 2 is 1.85 bits per heavy atom. The van der Waals surface area contributed by atoms with Crippen molar-refractivity contribution in [2.24, 2.45) is 0 Å². The van der Waals surface area contributed by atoms with E-state index in [4.69, 9.17) is 0 Å². The molecule has 1 aliphatic heterocycles. The summed E-state index contributed by atoms with van der Waals surface area (Å²) in [6.45, 7) is 8.98. The summed E-state index contributed by atoms with van der Waals surface area (Å²) in [5.41, 5.74) is 0. The van der Waals surface area contributed by atoms with Gasteiger partial charge in [0.15, 0.2) is 0 Å². The quantitative estimate of drug-likeness (QED) is 0.788. The average molecular weight is 280 g/mol. The Labute approximate surface area is 122 Å². The molecule has 3 fully saturated rings. The second kappa shape index (κ2) is 6.31. The van der Waals surface area contributed by atoms with Crippen LogP contribution < -0.4 is 5.32 Å². The van der Waals surface area contributed by atoms with Crippen LogP contribution >= 0.6 is 0 Å². The van der Waals surface area contributed by atoms with E-state index in [2.05, 4.69) is 22.0 Å². The van der Waals surface area contributed by atoms with Crippen LogP contribution in [0.3, 0.4) is 0 Å². The third-order valence-electron chi connectivity index (χ3n) is 4.81. The molecule has 2 amide bonds. The first-order chi connectivity index (χ1) is 9.78. The molecular weight excluding hydrogens is 252 g/mol. The Kier molecular flexibility index (Phi) is 4.46. The van der Waals surface area contributed by atoms with Gasteiger partial charge in [-0.3, -0.25) is 9.80 Å². The summed E-state index contributed by atoms with van der Waals surface area (Å²) >= 11 is 0.